The zero-order valence-corrected chi connectivity index (χ0v) is 37.2. The van der Waals surface area contributed by atoms with Crippen molar-refractivity contribution < 1.29 is 33.9 Å². The SMILES string of the molecule is CCCCCCCCCCCCCCCC(=O)N[C@@H](CC(C)C)C(=O)N[C@@H](C)C(=O)N[C@@H](Cc1ccc(O)cc1)C(=O)N[C@@H](C)C(=O)N[C@@H](CCCN=C(N)N)C(=O)NC. The van der Waals surface area contributed by atoms with Gasteiger partial charge in [-0.3, -0.25) is 33.8 Å². The summed E-state index contributed by atoms with van der Waals surface area (Å²) in [5.74, 6) is -3.16. The van der Waals surface area contributed by atoms with Gasteiger partial charge in [0, 0.05) is 26.4 Å². The highest BCUT2D eigenvalue weighted by atomic mass is 16.3. The fourth-order valence-corrected chi connectivity index (χ4v) is 6.65. The van der Waals surface area contributed by atoms with Crippen molar-refractivity contribution in [2.24, 2.45) is 22.4 Å². The van der Waals surface area contributed by atoms with E-state index >= 15 is 0 Å². The number of carbonyl (C=O) groups is 6. The second-order valence-electron chi connectivity index (χ2n) is 16.3. The van der Waals surface area contributed by atoms with E-state index in [-0.39, 0.29) is 42.9 Å². The van der Waals surface area contributed by atoms with E-state index in [1.54, 1.807) is 12.1 Å². The maximum atomic E-state index is 13.6. The Kier molecular flexibility index (Phi) is 27.5. The number of guanidine groups is 1. The predicted molar refractivity (Wildman–Crippen MR) is 237 cm³/mol. The van der Waals surface area contributed by atoms with Crippen LogP contribution in [0.1, 0.15) is 149 Å². The molecule has 0 saturated heterocycles. The molecule has 0 spiro atoms. The molecule has 16 heteroatoms. The van der Waals surface area contributed by atoms with Crippen LogP contribution in [0.15, 0.2) is 29.3 Å². The van der Waals surface area contributed by atoms with Gasteiger partial charge in [-0.25, -0.2) is 0 Å². The van der Waals surface area contributed by atoms with Gasteiger partial charge in [0.05, 0.1) is 0 Å². The van der Waals surface area contributed by atoms with Gasteiger partial charge in [-0.2, -0.15) is 0 Å². The largest absolute Gasteiger partial charge is 0.508 e. The zero-order chi connectivity index (χ0) is 44.9. The van der Waals surface area contributed by atoms with Crippen LogP contribution < -0.4 is 43.4 Å². The maximum Gasteiger partial charge on any atom is 0.243 e. The Morgan fingerprint density at radius 1 is 0.600 bits per heavy atom. The quantitative estimate of drug-likeness (QED) is 0.0291. The third kappa shape index (κ3) is 24.3. The zero-order valence-electron chi connectivity index (χ0n) is 37.2. The summed E-state index contributed by atoms with van der Waals surface area (Å²) in [5, 5.41) is 25.8. The highest BCUT2D eigenvalue weighted by Crippen LogP contribution is 2.15. The number of nitrogens with zero attached hydrogens (tertiary/aromatic N) is 1. The topological polar surface area (TPSA) is 259 Å². The second-order valence-corrected chi connectivity index (χ2v) is 16.3. The van der Waals surface area contributed by atoms with Gasteiger partial charge in [0.15, 0.2) is 5.96 Å². The molecule has 5 atom stereocenters. The lowest BCUT2D eigenvalue weighted by atomic mass is 10.0. The first-order valence-electron chi connectivity index (χ1n) is 22.1. The van der Waals surface area contributed by atoms with Gasteiger partial charge >= 0.3 is 0 Å². The monoisotopic (exact) mass is 844 g/mol. The molecule has 0 aliphatic rings. The Balaban J connectivity index is 2.81. The number of likely N-dealkylation sites (N-methyl/N-ethyl adjacent to an activating group) is 1. The minimum atomic E-state index is -1.20. The Hall–Kier alpha value is -4.89. The molecule has 0 aliphatic heterocycles. The highest BCUT2D eigenvalue weighted by molar-refractivity contribution is 5.96. The molecule has 0 fully saturated rings. The van der Waals surface area contributed by atoms with Crippen LogP contribution in [0.5, 0.6) is 5.75 Å². The van der Waals surface area contributed by atoms with Crippen molar-refractivity contribution in [2.45, 2.75) is 180 Å². The van der Waals surface area contributed by atoms with E-state index < -0.39 is 59.7 Å². The van der Waals surface area contributed by atoms with Crippen molar-refractivity contribution in [3.05, 3.63) is 29.8 Å². The van der Waals surface area contributed by atoms with E-state index in [1.165, 1.54) is 90.8 Å². The molecular formula is C44H77N9O7. The Labute approximate surface area is 358 Å². The van der Waals surface area contributed by atoms with Gasteiger partial charge in [0.25, 0.3) is 0 Å². The average Bonchev–Trinajstić information content (AvgIpc) is 3.20. The third-order valence-corrected chi connectivity index (χ3v) is 10.2. The molecule has 340 valence electrons. The average molecular weight is 844 g/mol. The Morgan fingerprint density at radius 2 is 1.08 bits per heavy atom. The second kappa shape index (κ2) is 31.1. The first kappa shape index (κ1) is 53.1. The van der Waals surface area contributed by atoms with Crippen molar-refractivity contribution in [2.75, 3.05) is 13.6 Å². The summed E-state index contributed by atoms with van der Waals surface area (Å²) in [4.78, 5) is 83.0. The molecule has 1 aromatic carbocycles. The number of phenolic OH excluding ortho intramolecular Hbond substituents is 1. The fourth-order valence-electron chi connectivity index (χ4n) is 6.65. The molecule has 0 bridgehead atoms. The van der Waals surface area contributed by atoms with Crippen LogP contribution in [-0.4, -0.2) is 90.3 Å². The van der Waals surface area contributed by atoms with Gasteiger partial charge in [-0.1, -0.05) is 110 Å². The molecular weight excluding hydrogens is 767 g/mol. The summed E-state index contributed by atoms with van der Waals surface area (Å²) in [6.45, 7) is 9.29. The number of hydrogen-bond donors (Lipinski definition) is 9. The number of nitrogens with two attached hydrogens (primary N) is 2. The summed E-state index contributed by atoms with van der Waals surface area (Å²) >= 11 is 0. The summed E-state index contributed by atoms with van der Waals surface area (Å²) in [6.07, 6.45) is 16.9. The van der Waals surface area contributed by atoms with Crippen LogP contribution >= 0.6 is 0 Å². The first-order valence-corrected chi connectivity index (χ1v) is 22.1. The summed E-state index contributed by atoms with van der Waals surface area (Å²) < 4.78 is 0. The maximum absolute atomic E-state index is 13.6. The number of benzene rings is 1. The number of rotatable bonds is 32. The van der Waals surface area contributed by atoms with Crippen LogP contribution in [-0.2, 0) is 35.2 Å². The van der Waals surface area contributed by atoms with E-state index in [4.69, 9.17) is 11.5 Å². The van der Waals surface area contributed by atoms with E-state index in [0.29, 0.717) is 24.8 Å². The fraction of sp³-hybridized carbons (Fsp3) is 0.705. The molecule has 0 unspecified atom stereocenters. The number of amides is 6. The molecule has 11 N–H and O–H groups in total. The minimum absolute atomic E-state index is 0.0102. The Bertz CT molecular complexity index is 1470. The van der Waals surface area contributed by atoms with Gasteiger partial charge in [0.1, 0.15) is 36.0 Å². The molecule has 0 saturated carbocycles. The van der Waals surface area contributed by atoms with Crippen LogP contribution in [0.2, 0.25) is 0 Å². The van der Waals surface area contributed by atoms with E-state index in [2.05, 4.69) is 43.8 Å². The molecule has 0 radical (unpaired) electrons. The van der Waals surface area contributed by atoms with Crippen molar-refractivity contribution in [3.8, 4) is 5.75 Å². The number of carbonyl (C=O) groups excluding carboxylic acids is 6. The molecule has 0 aliphatic carbocycles. The van der Waals surface area contributed by atoms with E-state index in [0.717, 1.165) is 25.7 Å². The number of nitrogens with one attached hydrogen (secondary N) is 6. The number of phenols is 1. The molecule has 1 rings (SSSR count). The van der Waals surface area contributed by atoms with E-state index in [1.807, 2.05) is 13.8 Å². The van der Waals surface area contributed by atoms with Gasteiger partial charge in [0.2, 0.25) is 35.4 Å². The van der Waals surface area contributed by atoms with Crippen LogP contribution in [0.25, 0.3) is 0 Å². The smallest absolute Gasteiger partial charge is 0.243 e. The molecule has 60 heavy (non-hydrogen) atoms. The summed E-state index contributed by atoms with van der Waals surface area (Å²) in [6, 6.07) is 0.905. The van der Waals surface area contributed by atoms with Crippen molar-refractivity contribution in [1.82, 2.24) is 31.9 Å². The van der Waals surface area contributed by atoms with Crippen molar-refractivity contribution in [3.63, 3.8) is 0 Å². The lowest BCUT2D eigenvalue weighted by molar-refractivity contribution is -0.134. The molecule has 0 heterocycles. The lowest BCUT2D eigenvalue weighted by Crippen LogP contribution is -2.58. The van der Waals surface area contributed by atoms with Crippen LogP contribution in [0.3, 0.4) is 0 Å². The van der Waals surface area contributed by atoms with Gasteiger partial charge in [-0.05, 0) is 63.1 Å². The number of hydrogen-bond acceptors (Lipinski definition) is 8. The third-order valence-electron chi connectivity index (χ3n) is 10.2. The predicted octanol–water partition coefficient (Wildman–Crippen LogP) is 3.73. The lowest BCUT2D eigenvalue weighted by Gasteiger charge is -2.25. The first-order chi connectivity index (χ1) is 28.6. The normalized spacial score (nSPS) is 13.5. The van der Waals surface area contributed by atoms with Crippen LogP contribution in [0, 0.1) is 5.92 Å². The summed E-state index contributed by atoms with van der Waals surface area (Å²) in [5.41, 5.74) is 11.3. The Morgan fingerprint density at radius 3 is 1.57 bits per heavy atom. The van der Waals surface area contributed by atoms with E-state index in [9.17, 15) is 33.9 Å². The van der Waals surface area contributed by atoms with Gasteiger partial charge < -0.3 is 48.5 Å². The molecule has 0 aromatic heterocycles. The summed E-state index contributed by atoms with van der Waals surface area (Å²) in [7, 11) is 1.44. The van der Waals surface area contributed by atoms with Crippen molar-refractivity contribution >= 4 is 41.4 Å². The molecule has 16 nitrogen and oxygen atoms in total. The molecule has 6 amide bonds. The van der Waals surface area contributed by atoms with Gasteiger partial charge in [-0.15, -0.1) is 0 Å². The van der Waals surface area contributed by atoms with Crippen molar-refractivity contribution in [1.29, 1.82) is 0 Å². The highest BCUT2D eigenvalue weighted by Gasteiger charge is 2.30. The minimum Gasteiger partial charge on any atom is -0.508 e. The number of aliphatic imine (C=N–C) groups is 1. The number of unbranched alkanes of at least 4 members (excludes halogenated alkanes) is 12. The van der Waals surface area contributed by atoms with Crippen LogP contribution in [0.4, 0.5) is 0 Å². The number of aromatic hydroxyl groups is 1. The molecule has 1 aromatic rings. The standard InChI is InChI=1S/C44H77N9O7/c1-7-8-9-10-11-12-13-14-15-16-17-18-19-22-38(55)51-36(28-30(2)3)42(59)49-32(5)40(57)53-37(29-33-23-25-34(54)26-24-33)43(60)50-31(4)39(56)52-35(41(58)47-6)21-20-27-48-44(45)46/h23-26,30-32,35-37,54H,7-22,27-29H2,1-6H3,(H,47,58)(H,49,59)(H,50,60)(H,51,55)(H,52,56)(H,53,57)(H4,45,46,48)/t31-,32-,35-,36-,37-/m0/s1.